The molecule has 0 aliphatic carbocycles. The molecule has 0 bridgehead atoms. The second kappa shape index (κ2) is 10.4. The van der Waals surface area contributed by atoms with Crippen molar-refractivity contribution in [3.63, 3.8) is 0 Å². The molecule has 0 spiro atoms. The molecular weight excluding hydrogens is 420 g/mol. The Labute approximate surface area is 190 Å². The lowest BCUT2D eigenvalue weighted by Crippen LogP contribution is -2.13. The predicted octanol–water partition coefficient (Wildman–Crippen LogP) is 4.38. The number of amides is 1. The summed E-state index contributed by atoms with van der Waals surface area (Å²) in [6.07, 6.45) is 3.74. The minimum Gasteiger partial charge on any atom is -0.325 e. The Morgan fingerprint density at radius 3 is 2.53 bits per heavy atom. The van der Waals surface area contributed by atoms with E-state index in [1.165, 1.54) is 11.8 Å². The van der Waals surface area contributed by atoms with Gasteiger partial charge in [0.2, 0.25) is 5.91 Å². The second-order valence-electron chi connectivity index (χ2n) is 6.92. The summed E-state index contributed by atoms with van der Waals surface area (Å²) in [4.78, 5) is 16.5. The van der Waals surface area contributed by atoms with Crippen LogP contribution >= 0.6 is 11.8 Å². The van der Waals surface area contributed by atoms with Crippen LogP contribution in [0.15, 0.2) is 84.3 Å². The molecule has 2 aromatic heterocycles. The van der Waals surface area contributed by atoms with Gasteiger partial charge in [-0.05, 0) is 29.8 Å². The SMILES string of the molecule is N#Cc1ccccc1NC(=O)CCSc1nnc(-c2ccncc2)n1Cc1ccccc1. The van der Waals surface area contributed by atoms with E-state index in [9.17, 15) is 10.1 Å². The number of benzene rings is 2. The number of pyridine rings is 1. The van der Waals surface area contributed by atoms with Crippen molar-refractivity contribution in [3.05, 3.63) is 90.3 Å². The van der Waals surface area contributed by atoms with Crippen LogP contribution in [0, 0.1) is 11.3 Å². The van der Waals surface area contributed by atoms with Gasteiger partial charge < -0.3 is 5.32 Å². The molecule has 158 valence electrons. The van der Waals surface area contributed by atoms with Gasteiger partial charge in [0, 0.05) is 30.1 Å². The maximum atomic E-state index is 12.4. The molecule has 0 atom stereocenters. The summed E-state index contributed by atoms with van der Waals surface area (Å²) >= 11 is 1.48. The smallest absolute Gasteiger partial charge is 0.225 e. The number of thioether (sulfide) groups is 1. The molecule has 4 rings (SSSR count). The second-order valence-corrected chi connectivity index (χ2v) is 7.98. The third kappa shape index (κ3) is 5.20. The Bertz CT molecular complexity index is 1230. The van der Waals surface area contributed by atoms with Crippen LogP contribution in [0.3, 0.4) is 0 Å². The molecule has 0 fully saturated rings. The third-order valence-electron chi connectivity index (χ3n) is 4.72. The molecule has 2 aromatic carbocycles. The zero-order valence-corrected chi connectivity index (χ0v) is 18.0. The van der Waals surface area contributed by atoms with E-state index in [2.05, 4.69) is 43.3 Å². The Morgan fingerprint density at radius 1 is 1.00 bits per heavy atom. The van der Waals surface area contributed by atoms with E-state index in [0.717, 1.165) is 22.1 Å². The summed E-state index contributed by atoms with van der Waals surface area (Å²) in [5, 5.41) is 21.5. The molecule has 0 saturated carbocycles. The molecular formula is C24H20N6OS. The minimum absolute atomic E-state index is 0.149. The summed E-state index contributed by atoms with van der Waals surface area (Å²) in [6.45, 7) is 0.621. The molecule has 0 saturated heterocycles. The predicted molar refractivity (Wildman–Crippen MR) is 124 cm³/mol. The highest BCUT2D eigenvalue weighted by Gasteiger charge is 2.15. The van der Waals surface area contributed by atoms with Crippen molar-refractivity contribution in [2.24, 2.45) is 0 Å². The highest BCUT2D eigenvalue weighted by atomic mass is 32.2. The van der Waals surface area contributed by atoms with Crippen LogP contribution in [0.4, 0.5) is 5.69 Å². The van der Waals surface area contributed by atoms with Gasteiger partial charge in [0.15, 0.2) is 11.0 Å². The Morgan fingerprint density at radius 2 is 1.75 bits per heavy atom. The van der Waals surface area contributed by atoms with Gasteiger partial charge in [0.1, 0.15) is 6.07 Å². The first-order chi connectivity index (χ1) is 15.7. The van der Waals surface area contributed by atoms with Crippen molar-refractivity contribution in [1.82, 2.24) is 19.7 Å². The summed E-state index contributed by atoms with van der Waals surface area (Å²) in [5.74, 6) is 1.14. The molecule has 0 aliphatic heterocycles. The monoisotopic (exact) mass is 440 g/mol. The number of rotatable bonds is 8. The Balaban J connectivity index is 1.47. The fourth-order valence-electron chi connectivity index (χ4n) is 3.16. The standard InChI is InChI=1S/C24H20N6OS/c25-16-20-8-4-5-9-21(20)27-22(31)12-15-32-24-29-28-23(19-10-13-26-14-11-19)30(24)17-18-6-2-1-3-7-18/h1-11,13-14H,12,15,17H2,(H,27,31). The van der Waals surface area contributed by atoms with Gasteiger partial charge >= 0.3 is 0 Å². The number of nitrogens with zero attached hydrogens (tertiary/aromatic N) is 5. The summed E-state index contributed by atoms with van der Waals surface area (Å²) in [6, 6.07) is 23.0. The topological polar surface area (TPSA) is 96.5 Å². The molecule has 0 aliphatic rings. The van der Waals surface area contributed by atoms with Gasteiger partial charge in [0.05, 0.1) is 17.8 Å². The maximum absolute atomic E-state index is 12.4. The number of aromatic nitrogens is 4. The largest absolute Gasteiger partial charge is 0.325 e. The number of para-hydroxylation sites is 1. The number of nitriles is 1. The molecule has 0 radical (unpaired) electrons. The third-order valence-corrected chi connectivity index (χ3v) is 5.69. The lowest BCUT2D eigenvalue weighted by atomic mass is 10.2. The molecule has 7 nitrogen and oxygen atoms in total. The van der Waals surface area contributed by atoms with Crippen LogP contribution in [0.1, 0.15) is 17.5 Å². The lowest BCUT2D eigenvalue weighted by Gasteiger charge is -2.11. The molecule has 4 aromatic rings. The lowest BCUT2D eigenvalue weighted by molar-refractivity contribution is -0.115. The first-order valence-electron chi connectivity index (χ1n) is 10.0. The first-order valence-corrected chi connectivity index (χ1v) is 11.0. The molecule has 8 heteroatoms. The highest BCUT2D eigenvalue weighted by molar-refractivity contribution is 7.99. The zero-order chi connectivity index (χ0) is 22.2. The summed E-state index contributed by atoms with van der Waals surface area (Å²) in [5.41, 5.74) is 3.03. The van der Waals surface area contributed by atoms with Crippen LogP contribution in [0.2, 0.25) is 0 Å². The van der Waals surface area contributed by atoms with E-state index in [4.69, 9.17) is 0 Å². The van der Waals surface area contributed by atoms with Crippen molar-refractivity contribution in [3.8, 4) is 17.5 Å². The summed E-state index contributed by atoms with van der Waals surface area (Å²) in [7, 11) is 0. The van der Waals surface area contributed by atoms with Crippen molar-refractivity contribution in [1.29, 1.82) is 5.26 Å². The van der Waals surface area contributed by atoms with Crippen LogP contribution in [0.5, 0.6) is 0 Å². The van der Waals surface area contributed by atoms with E-state index < -0.39 is 0 Å². The molecule has 1 N–H and O–H groups in total. The Kier molecular flexibility index (Phi) is 6.90. The quantitative estimate of drug-likeness (QED) is 0.409. The van der Waals surface area contributed by atoms with E-state index in [0.29, 0.717) is 23.5 Å². The number of hydrogen-bond acceptors (Lipinski definition) is 6. The van der Waals surface area contributed by atoms with E-state index in [1.807, 2.05) is 30.3 Å². The zero-order valence-electron chi connectivity index (χ0n) is 17.2. The highest BCUT2D eigenvalue weighted by Crippen LogP contribution is 2.25. The fourth-order valence-corrected chi connectivity index (χ4v) is 4.03. The Hall–Kier alpha value is -3.96. The minimum atomic E-state index is -0.149. The number of carbonyl (C=O) groups excluding carboxylic acids is 1. The van der Waals surface area contributed by atoms with E-state index >= 15 is 0 Å². The van der Waals surface area contributed by atoms with Crippen molar-refractivity contribution >= 4 is 23.4 Å². The number of carbonyl (C=O) groups is 1. The number of anilines is 1. The van der Waals surface area contributed by atoms with Crippen LogP contribution in [-0.4, -0.2) is 31.4 Å². The summed E-state index contributed by atoms with van der Waals surface area (Å²) < 4.78 is 2.05. The normalized spacial score (nSPS) is 10.5. The molecule has 2 heterocycles. The van der Waals surface area contributed by atoms with Gasteiger partial charge in [-0.3, -0.25) is 14.3 Å². The van der Waals surface area contributed by atoms with Gasteiger partial charge in [0.25, 0.3) is 0 Å². The van der Waals surface area contributed by atoms with Gasteiger partial charge in [-0.25, -0.2) is 0 Å². The van der Waals surface area contributed by atoms with Crippen molar-refractivity contribution in [2.45, 2.75) is 18.1 Å². The molecule has 32 heavy (non-hydrogen) atoms. The van der Waals surface area contributed by atoms with E-state index in [-0.39, 0.29) is 12.3 Å². The van der Waals surface area contributed by atoms with Gasteiger partial charge in [-0.2, -0.15) is 5.26 Å². The average Bonchev–Trinajstić information content (AvgIpc) is 3.23. The van der Waals surface area contributed by atoms with Gasteiger partial charge in [-0.15, -0.1) is 10.2 Å². The first kappa shape index (κ1) is 21.3. The number of nitrogens with one attached hydrogen (secondary N) is 1. The van der Waals surface area contributed by atoms with Gasteiger partial charge in [-0.1, -0.05) is 54.2 Å². The van der Waals surface area contributed by atoms with Crippen LogP contribution in [-0.2, 0) is 11.3 Å². The van der Waals surface area contributed by atoms with Crippen LogP contribution < -0.4 is 5.32 Å². The maximum Gasteiger partial charge on any atom is 0.225 e. The van der Waals surface area contributed by atoms with Crippen LogP contribution in [0.25, 0.3) is 11.4 Å². The molecule has 0 unspecified atom stereocenters. The van der Waals surface area contributed by atoms with Crippen molar-refractivity contribution in [2.75, 3.05) is 11.1 Å². The fraction of sp³-hybridized carbons (Fsp3) is 0.125. The van der Waals surface area contributed by atoms with Crippen molar-refractivity contribution < 1.29 is 4.79 Å². The number of hydrogen-bond donors (Lipinski definition) is 1. The van der Waals surface area contributed by atoms with E-state index in [1.54, 1.807) is 36.7 Å². The molecule has 1 amide bonds. The average molecular weight is 441 g/mol.